The van der Waals surface area contributed by atoms with Crippen molar-refractivity contribution in [1.82, 2.24) is 4.90 Å². The number of halogens is 1. The number of aliphatic carboxylic acids is 1. The molecule has 0 heterocycles. The fraction of sp³-hybridized carbons (Fsp3) is 0.467. The van der Waals surface area contributed by atoms with E-state index < -0.39 is 10.9 Å². The Balaban J connectivity index is 0.00000529. The Labute approximate surface area is 146 Å². The number of nitro groups is 1. The Morgan fingerprint density at radius 1 is 1.33 bits per heavy atom. The SMILES string of the molecule is CCCN(CCC(=O)Nc1cccc([N+](=O)[O-])c1C)CC(=O)O.Cl. The molecule has 0 spiro atoms. The van der Waals surface area contributed by atoms with Crippen LogP contribution in [-0.2, 0) is 9.59 Å². The molecule has 0 atom stereocenters. The highest BCUT2D eigenvalue weighted by Gasteiger charge is 2.16. The molecule has 0 aliphatic heterocycles. The molecule has 0 unspecified atom stereocenters. The number of rotatable bonds is 9. The second-order valence-electron chi connectivity index (χ2n) is 5.17. The molecule has 1 aromatic rings. The summed E-state index contributed by atoms with van der Waals surface area (Å²) >= 11 is 0. The van der Waals surface area contributed by atoms with E-state index in [1.807, 2.05) is 6.92 Å². The summed E-state index contributed by atoms with van der Waals surface area (Å²) in [5.74, 6) is -1.24. The number of carbonyl (C=O) groups excluding carboxylic acids is 1. The van der Waals surface area contributed by atoms with E-state index in [0.29, 0.717) is 24.3 Å². The van der Waals surface area contributed by atoms with Gasteiger partial charge in [-0.3, -0.25) is 24.6 Å². The molecule has 134 valence electrons. The molecule has 0 fully saturated rings. The minimum atomic E-state index is -0.937. The van der Waals surface area contributed by atoms with Gasteiger partial charge in [0.25, 0.3) is 5.69 Å². The van der Waals surface area contributed by atoms with Gasteiger partial charge in [-0.05, 0) is 26.0 Å². The molecule has 1 amide bonds. The van der Waals surface area contributed by atoms with Crippen molar-refractivity contribution >= 4 is 35.7 Å². The summed E-state index contributed by atoms with van der Waals surface area (Å²) in [5.41, 5.74) is 0.729. The third-order valence-corrected chi connectivity index (χ3v) is 3.33. The quantitative estimate of drug-likeness (QED) is 0.517. The predicted octanol–water partition coefficient (Wildman–Crippen LogP) is 2.45. The third-order valence-electron chi connectivity index (χ3n) is 3.33. The summed E-state index contributed by atoms with van der Waals surface area (Å²) in [5, 5.41) is 22.3. The molecule has 0 bridgehead atoms. The Bertz CT molecular complexity index is 594. The fourth-order valence-electron chi connectivity index (χ4n) is 2.21. The minimum Gasteiger partial charge on any atom is -0.480 e. The van der Waals surface area contributed by atoms with E-state index in [1.54, 1.807) is 17.9 Å². The maximum absolute atomic E-state index is 12.0. The number of hydrogen-bond acceptors (Lipinski definition) is 5. The number of nitrogens with zero attached hydrogens (tertiary/aromatic N) is 2. The van der Waals surface area contributed by atoms with E-state index in [4.69, 9.17) is 5.11 Å². The van der Waals surface area contributed by atoms with Crippen LogP contribution in [0.3, 0.4) is 0 Å². The number of amides is 1. The van der Waals surface area contributed by atoms with Crippen LogP contribution in [0.2, 0.25) is 0 Å². The Morgan fingerprint density at radius 2 is 2.00 bits per heavy atom. The average Bonchev–Trinajstić information content (AvgIpc) is 2.46. The van der Waals surface area contributed by atoms with Crippen molar-refractivity contribution in [1.29, 1.82) is 0 Å². The molecule has 2 N–H and O–H groups in total. The second-order valence-corrected chi connectivity index (χ2v) is 5.17. The Morgan fingerprint density at radius 3 is 2.54 bits per heavy atom. The number of anilines is 1. The van der Waals surface area contributed by atoms with Crippen molar-refractivity contribution in [2.24, 2.45) is 0 Å². The van der Waals surface area contributed by atoms with E-state index in [9.17, 15) is 19.7 Å². The van der Waals surface area contributed by atoms with Gasteiger partial charge < -0.3 is 10.4 Å². The van der Waals surface area contributed by atoms with Crippen molar-refractivity contribution in [3.8, 4) is 0 Å². The first-order valence-electron chi connectivity index (χ1n) is 7.33. The van der Waals surface area contributed by atoms with Gasteiger partial charge in [0.1, 0.15) is 0 Å². The van der Waals surface area contributed by atoms with Gasteiger partial charge in [-0.15, -0.1) is 12.4 Å². The van der Waals surface area contributed by atoms with E-state index in [2.05, 4.69) is 5.32 Å². The summed E-state index contributed by atoms with van der Waals surface area (Å²) in [6.45, 7) is 4.30. The summed E-state index contributed by atoms with van der Waals surface area (Å²) in [6, 6.07) is 4.48. The zero-order valence-electron chi connectivity index (χ0n) is 13.7. The topological polar surface area (TPSA) is 113 Å². The van der Waals surface area contributed by atoms with E-state index >= 15 is 0 Å². The largest absolute Gasteiger partial charge is 0.480 e. The molecule has 8 nitrogen and oxygen atoms in total. The zero-order valence-corrected chi connectivity index (χ0v) is 14.5. The molecule has 24 heavy (non-hydrogen) atoms. The lowest BCUT2D eigenvalue weighted by atomic mass is 10.1. The summed E-state index contributed by atoms with van der Waals surface area (Å²) < 4.78 is 0. The number of nitrogens with one attached hydrogen (secondary N) is 1. The van der Waals surface area contributed by atoms with E-state index in [0.717, 1.165) is 6.42 Å². The van der Waals surface area contributed by atoms with Crippen molar-refractivity contribution in [3.63, 3.8) is 0 Å². The monoisotopic (exact) mass is 359 g/mol. The van der Waals surface area contributed by atoms with Gasteiger partial charge in [0.2, 0.25) is 5.91 Å². The van der Waals surface area contributed by atoms with Gasteiger partial charge in [-0.1, -0.05) is 13.0 Å². The molecule has 0 aliphatic rings. The maximum Gasteiger partial charge on any atom is 0.317 e. The normalized spacial score (nSPS) is 10.1. The number of carboxylic acid groups (broad SMARTS) is 1. The van der Waals surface area contributed by atoms with Gasteiger partial charge in [0.15, 0.2) is 0 Å². The molecule has 9 heteroatoms. The molecule has 1 rings (SSSR count). The standard InChI is InChI=1S/C15H21N3O5.ClH/c1-3-8-17(10-15(20)21)9-7-14(19)16-12-5-4-6-13(11(12)2)18(22)23;/h4-6H,3,7-10H2,1-2H3,(H,16,19)(H,20,21);1H. The highest BCUT2D eigenvalue weighted by atomic mass is 35.5. The second kappa shape index (κ2) is 10.6. The number of hydrogen-bond donors (Lipinski definition) is 2. The molecule has 0 saturated heterocycles. The predicted molar refractivity (Wildman–Crippen MR) is 92.7 cm³/mol. The molecule has 0 aliphatic carbocycles. The van der Waals surface area contributed by atoms with Crippen molar-refractivity contribution in [2.75, 3.05) is 25.0 Å². The maximum atomic E-state index is 12.0. The highest BCUT2D eigenvalue weighted by molar-refractivity contribution is 5.92. The Hall–Kier alpha value is -2.19. The number of nitro benzene ring substituents is 1. The molecule has 0 radical (unpaired) electrons. The van der Waals surface area contributed by atoms with Crippen LogP contribution in [0.15, 0.2) is 18.2 Å². The first-order valence-corrected chi connectivity index (χ1v) is 7.33. The Kier molecular flexibility index (Phi) is 9.60. The first-order chi connectivity index (χ1) is 10.8. The van der Waals surface area contributed by atoms with Gasteiger partial charge in [-0.25, -0.2) is 0 Å². The summed E-state index contributed by atoms with van der Waals surface area (Å²) in [7, 11) is 0. The van der Waals surface area contributed by atoms with Gasteiger partial charge in [-0.2, -0.15) is 0 Å². The lowest BCUT2D eigenvalue weighted by molar-refractivity contribution is -0.385. The number of carboxylic acids is 1. The molecule has 0 saturated carbocycles. The average molecular weight is 360 g/mol. The lowest BCUT2D eigenvalue weighted by Gasteiger charge is -2.19. The van der Waals surface area contributed by atoms with Crippen LogP contribution < -0.4 is 5.32 Å². The fourth-order valence-corrected chi connectivity index (χ4v) is 2.21. The van der Waals surface area contributed by atoms with Crippen LogP contribution in [0.1, 0.15) is 25.3 Å². The third kappa shape index (κ3) is 6.93. The number of carbonyl (C=O) groups is 2. The van der Waals surface area contributed by atoms with Crippen LogP contribution in [-0.4, -0.2) is 46.4 Å². The minimum absolute atomic E-state index is 0. The van der Waals surface area contributed by atoms with Crippen LogP contribution in [0.4, 0.5) is 11.4 Å². The van der Waals surface area contributed by atoms with Gasteiger partial charge >= 0.3 is 5.97 Å². The molecular weight excluding hydrogens is 338 g/mol. The van der Waals surface area contributed by atoms with Crippen LogP contribution >= 0.6 is 12.4 Å². The zero-order chi connectivity index (χ0) is 17.4. The molecule has 1 aromatic carbocycles. The van der Waals surface area contributed by atoms with Crippen molar-refractivity contribution in [2.45, 2.75) is 26.7 Å². The summed E-state index contributed by atoms with van der Waals surface area (Å²) in [4.78, 5) is 34.8. The molecule has 0 aromatic heterocycles. The molecular formula is C15H22ClN3O5. The highest BCUT2D eigenvalue weighted by Crippen LogP contribution is 2.25. The van der Waals surface area contributed by atoms with Crippen LogP contribution in [0, 0.1) is 17.0 Å². The van der Waals surface area contributed by atoms with E-state index in [1.165, 1.54) is 12.1 Å². The smallest absolute Gasteiger partial charge is 0.317 e. The van der Waals surface area contributed by atoms with Crippen molar-refractivity contribution < 1.29 is 19.6 Å². The van der Waals surface area contributed by atoms with Crippen LogP contribution in [0.5, 0.6) is 0 Å². The van der Waals surface area contributed by atoms with Crippen LogP contribution in [0.25, 0.3) is 0 Å². The van der Waals surface area contributed by atoms with Gasteiger partial charge in [0, 0.05) is 19.0 Å². The van der Waals surface area contributed by atoms with Crippen molar-refractivity contribution in [3.05, 3.63) is 33.9 Å². The van der Waals surface area contributed by atoms with Gasteiger partial charge in [0.05, 0.1) is 22.7 Å². The first kappa shape index (κ1) is 21.8. The number of benzene rings is 1. The van der Waals surface area contributed by atoms with E-state index in [-0.39, 0.29) is 37.0 Å². The lowest BCUT2D eigenvalue weighted by Crippen LogP contribution is -2.33. The summed E-state index contributed by atoms with van der Waals surface area (Å²) in [6.07, 6.45) is 0.911.